The highest BCUT2D eigenvalue weighted by Crippen LogP contribution is 2.23. The summed E-state index contributed by atoms with van der Waals surface area (Å²) in [6, 6.07) is 5.33. The number of hydrogen-bond acceptors (Lipinski definition) is 7. The maximum Gasteiger partial charge on any atom is 0.325 e. The Hall–Kier alpha value is -3.79. The van der Waals surface area contributed by atoms with Gasteiger partial charge in [-0.1, -0.05) is 32.1 Å². The largest absolute Gasteiger partial charge is 0.457 e. The summed E-state index contributed by atoms with van der Waals surface area (Å²) < 4.78 is 5.74. The fraction of sp³-hybridized carbons (Fsp3) is 0.464. The molecule has 3 amide bonds. The number of hydrogen-bond donors (Lipinski definition) is 3. The highest BCUT2D eigenvalue weighted by atomic mass is 16.5. The van der Waals surface area contributed by atoms with Gasteiger partial charge in [0, 0.05) is 30.1 Å². The molecule has 1 fully saturated rings. The summed E-state index contributed by atoms with van der Waals surface area (Å²) in [5, 5.41) is 7.74. The van der Waals surface area contributed by atoms with Gasteiger partial charge in [-0.15, -0.1) is 0 Å². The molecule has 4 rings (SSSR count). The molecule has 4 atom stereocenters. The molecule has 5 bridgehead atoms. The monoisotopic (exact) mass is 521 g/mol. The first-order valence-corrected chi connectivity index (χ1v) is 13.1. The smallest absolute Gasteiger partial charge is 0.325 e. The molecule has 1 unspecified atom stereocenters. The van der Waals surface area contributed by atoms with Crippen LogP contribution in [0.2, 0.25) is 0 Å². The van der Waals surface area contributed by atoms with Crippen LogP contribution in [0.25, 0.3) is 17.0 Å². The first-order chi connectivity index (χ1) is 18.1. The number of fused-ring (bicyclic) bond motifs is 4. The minimum absolute atomic E-state index is 0.0907. The summed E-state index contributed by atoms with van der Waals surface area (Å²) >= 11 is 0. The van der Waals surface area contributed by atoms with Gasteiger partial charge < -0.3 is 15.4 Å². The van der Waals surface area contributed by atoms with Crippen molar-refractivity contribution < 1.29 is 23.9 Å². The molecular weight excluding hydrogens is 486 g/mol. The quantitative estimate of drug-likeness (QED) is 0.492. The van der Waals surface area contributed by atoms with Gasteiger partial charge in [0.1, 0.15) is 24.2 Å². The fourth-order valence-electron chi connectivity index (χ4n) is 4.60. The zero-order valence-corrected chi connectivity index (χ0v) is 22.2. The third-order valence-corrected chi connectivity index (χ3v) is 6.83. The molecule has 0 saturated carbocycles. The number of benzene rings is 1. The van der Waals surface area contributed by atoms with Gasteiger partial charge >= 0.3 is 5.97 Å². The second-order valence-electron chi connectivity index (χ2n) is 10.2. The third kappa shape index (κ3) is 6.36. The molecule has 2 aromatic rings. The normalized spacial score (nSPS) is 26.6. The van der Waals surface area contributed by atoms with Crippen molar-refractivity contribution >= 4 is 40.7 Å². The van der Waals surface area contributed by atoms with E-state index in [1.165, 1.54) is 5.01 Å². The Morgan fingerprint density at radius 3 is 2.63 bits per heavy atom. The minimum Gasteiger partial charge on any atom is -0.457 e. The number of rotatable bonds is 1. The van der Waals surface area contributed by atoms with E-state index in [1.807, 2.05) is 44.2 Å². The number of esters is 1. The van der Waals surface area contributed by atoms with Crippen LogP contribution in [0.15, 0.2) is 36.5 Å². The van der Waals surface area contributed by atoms with E-state index in [0.717, 1.165) is 22.0 Å². The Labute approximate surface area is 222 Å². The van der Waals surface area contributed by atoms with Gasteiger partial charge in [0.15, 0.2) is 0 Å². The Bertz CT molecular complexity index is 1260. The second-order valence-corrected chi connectivity index (χ2v) is 10.2. The van der Waals surface area contributed by atoms with Crippen molar-refractivity contribution in [2.75, 3.05) is 6.54 Å². The maximum atomic E-state index is 13.1. The third-order valence-electron chi connectivity index (χ3n) is 6.83. The number of pyridine rings is 1. The van der Waals surface area contributed by atoms with Crippen molar-refractivity contribution in [3.8, 4) is 0 Å². The molecule has 10 heteroatoms. The number of nitrogens with one attached hydrogen (secondary N) is 3. The van der Waals surface area contributed by atoms with Crippen molar-refractivity contribution in [1.29, 1.82) is 0 Å². The van der Waals surface area contributed by atoms with Gasteiger partial charge in [0.25, 0.3) is 5.91 Å². The topological polar surface area (TPSA) is 130 Å². The second kappa shape index (κ2) is 11.7. The lowest BCUT2D eigenvalue weighted by Gasteiger charge is -2.35. The highest BCUT2D eigenvalue weighted by Gasteiger charge is 2.33. The molecule has 0 radical (unpaired) electrons. The van der Waals surface area contributed by atoms with E-state index in [-0.39, 0.29) is 24.2 Å². The Morgan fingerprint density at radius 1 is 1.08 bits per heavy atom. The molecular formula is C28H35N5O5. The minimum atomic E-state index is -0.861. The summed E-state index contributed by atoms with van der Waals surface area (Å²) in [6.07, 6.45) is 5.93. The zero-order chi connectivity index (χ0) is 27.4. The van der Waals surface area contributed by atoms with E-state index in [4.69, 9.17) is 4.74 Å². The summed E-state index contributed by atoms with van der Waals surface area (Å²) in [5.74, 6) is -1.77. The van der Waals surface area contributed by atoms with Gasteiger partial charge in [-0.25, -0.2) is 5.43 Å². The first kappa shape index (κ1) is 27.3. The molecule has 1 aromatic heterocycles. The number of carbonyl (C=O) groups excluding carboxylic acids is 4. The van der Waals surface area contributed by atoms with Crippen LogP contribution in [-0.4, -0.2) is 58.4 Å². The predicted molar refractivity (Wildman–Crippen MR) is 142 cm³/mol. The summed E-state index contributed by atoms with van der Waals surface area (Å²) in [5.41, 5.74) is 5.40. The van der Waals surface area contributed by atoms with Gasteiger partial charge in [-0.3, -0.25) is 29.2 Å². The van der Waals surface area contributed by atoms with Crippen molar-refractivity contribution in [2.45, 2.75) is 71.2 Å². The molecule has 2 aliphatic heterocycles. The molecule has 0 spiro atoms. The van der Waals surface area contributed by atoms with Crippen LogP contribution in [0.5, 0.6) is 0 Å². The van der Waals surface area contributed by atoms with Crippen molar-refractivity contribution in [3.63, 3.8) is 0 Å². The van der Waals surface area contributed by atoms with Crippen LogP contribution < -0.4 is 16.1 Å². The number of cyclic esters (lactones) is 1. The molecule has 10 nitrogen and oxygen atoms in total. The van der Waals surface area contributed by atoms with Crippen molar-refractivity contribution in [3.05, 3.63) is 47.7 Å². The molecule has 3 heterocycles. The molecule has 202 valence electrons. The van der Waals surface area contributed by atoms with Crippen LogP contribution in [0, 0.1) is 5.92 Å². The summed E-state index contributed by atoms with van der Waals surface area (Å²) in [7, 11) is 0. The zero-order valence-electron chi connectivity index (χ0n) is 22.2. The standard InChI is InChI=1S/C28H35N5O5/c1-16(2)25-26(35)30-17(3)27(36)33-12-6-8-23(32-33)28(37)38-18(4)21-14-20-13-19(7-5-9-24(34)31-25)10-11-22(20)29-15-21/h5,7,10-11,13-18,23,25,32H,6,8-9,12H2,1-4H3,(H,30,35)(H,31,34)/b7-5+/t17?,18-,23+,25+/m1/s1. The molecule has 0 aliphatic carbocycles. The number of aromatic nitrogens is 1. The number of ether oxygens (including phenoxy) is 1. The summed E-state index contributed by atoms with van der Waals surface area (Å²) in [6.45, 7) is 7.42. The van der Waals surface area contributed by atoms with Crippen LogP contribution in [0.1, 0.15) is 64.2 Å². The van der Waals surface area contributed by atoms with E-state index in [9.17, 15) is 19.2 Å². The lowest BCUT2D eigenvalue weighted by atomic mass is 10.0. The number of hydrazine groups is 1. The predicted octanol–water partition coefficient (Wildman–Crippen LogP) is 2.40. The van der Waals surface area contributed by atoms with Crippen LogP contribution >= 0.6 is 0 Å². The number of carbonyl (C=O) groups is 4. The average Bonchev–Trinajstić information content (AvgIpc) is 2.90. The van der Waals surface area contributed by atoms with Crippen LogP contribution in [0.3, 0.4) is 0 Å². The Balaban J connectivity index is 1.64. The van der Waals surface area contributed by atoms with E-state index in [0.29, 0.717) is 19.4 Å². The lowest BCUT2D eigenvalue weighted by molar-refractivity contribution is -0.157. The lowest BCUT2D eigenvalue weighted by Crippen LogP contribution is -2.61. The SMILES string of the molecule is CC1NC(=O)[C@H](C(C)C)NC(=O)C/C=C/c2ccc3ncc(cc3c2)[C@@H](C)OC(=O)[C@@H]2CCCN(N2)C1=O. The van der Waals surface area contributed by atoms with Gasteiger partial charge in [-0.2, -0.15) is 0 Å². The van der Waals surface area contributed by atoms with Crippen molar-refractivity contribution in [1.82, 2.24) is 26.1 Å². The molecule has 1 aromatic carbocycles. The molecule has 2 aliphatic rings. The van der Waals surface area contributed by atoms with E-state index < -0.39 is 36.1 Å². The van der Waals surface area contributed by atoms with E-state index in [2.05, 4.69) is 21.0 Å². The fourth-order valence-corrected chi connectivity index (χ4v) is 4.60. The van der Waals surface area contributed by atoms with Gasteiger partial charge in [0.05, 0.1) is 5.52 Å². The number of nitrogens with zero attached hydrogens (tertiary/aromatic N) is 2. The Morgan fingerprint density at radius 2 is 1.87 bits per heavy atom. The maximum absolute atomic E-state index is 13.1. The highest BCUT2D eigenvalue weighted by molar-refractivity contribution is 5.92. The molecule has 1 saturated heterocycles. The molecule has 3 N–H and O–H groups in total. The van der Waals surface area contributed by atoms with Crippen LogP contribution in [0.4, 0.5) is 0 Å². The van der Waals surface area contributed by atoms with Gasteiger partial charge in [0.2, 0.25) is 11.8 Å². The molecule has 38 heavy (non-hydrogen) atoms. The average molecular weight is 522 g/mol. The van der Waals surface area contributed by atoms with Crippen molar-refractivity contribution in [2.24, 2.45) is 5.92 Å². The van der Waals surface area contributed by atoms with Gasteiger partial charge in [-0.05, 0) is 56.4 Å². The Kier molecular flexibility index (Phi) is 8.41. The van der Waals surface area contributed by atoms with Crippen LogP contribution in [-0.2, 0) is 23.9 Å². The number of amides is 3. The summed E-state index contributed by atoms with van der Waals surface area (Å²) in [4.78, 5) is 56.2. The van der Waals surface area contributed by atoms with E-state index >= 15 is 0 Å². The van der Waals surface area contributed by atoms with E-state index in [1.54, 1.807) is 26.1 Å². The first-order valence-electron chi connectivity index (χ1n) is 13.1.